The van der Waals surface area contributed by atoms with Crippen molar-refractivity contribution in [3.63, 3.8) is 0 Å². The monoisotopic (exact) mass is 235 g/mol. The van der Waals surface area contributed by atoms with Gasteiger partial charge in [0, 0.05) is 12.5 Å². The second-order valence-corrected chi connectivity index (χ2v) is 4.64. The van der Waals surface area contributed by atoms with Crippen LogP contribution in [0.25, 0.3) is 0 Å². The van der Waals surface area contributed by atoms with Gasteiger partial charge in [-0.3, -0.25) is 0 Å². The van der Waals surface area contributed by atoms with Crippen LogP contribution >= 0.6 is 0 Å². The number of aliphatic hydroxyl groups excluding tert-OH is 1. The maximum Gasteiger partial charge on any atom is 0.0735 e. The van der Waals surface area contributed by atoms with Crippen molar-refractivity contribution in [3.8, 4) is 0 Å². The molecule has 1 aliphatic rings. The van der Waals surface area contributed by atoms with Crippen LogP contribution < -0.4 is 0 Å². The lowest BCUT2D eigenvalue weighted by Crippen LogP contribution is -2.40. The van der Waals surface area contributed by atoms with E-state index >= 15 is 0 Å². The number of likely N-dealkylation sites (N-methyl/N-ethyl adjacent to an activating group) is 1. The molecule has 1 aromatic rings. The predicted molar refractivity (Wildman–Crippen MR) is 73.4 cm³/mol. The van der Waals surface area contributed by atoms with E-state index in [-0.39, 0.29) is 6.10 Å². The fourth-order valence-electron chi connectivity index (χ4n) is 2.38. The number of likely N-dealkylation sites (tertiary alicyclic amines) is 1. The lowest BCUT2D eigenvalue weighted by atomic mass is 9.87. The fourth-order valence-corrected chi connectivity index (χ4v) is 2.38. The van der Waals surface area contributed by atoms with E-state index in [1.165, 1.54) is 11.1 Å². The smallest absolute Gasteiger partial charge is 0.0735 e. The van der Waals surface area contributed by atoms with Crippen LogP contribution in [-0.2, 0) is 0 Å². The molecule has 2 heteroatoms. The van der Waals surface area contributed by atoms with Crippen molar-refractivity contribution in [1.82, 2.24) is 4.90 Å². The number of hydrogen-bond acceptors (Lipinski definition) is 2. The van der Waals surface area contributed by atoms with E-state index in [2.05, 4.69) is 43.1 Å². The highest BCUT2D eigenvalue weighted by Crippen LogP contribution is 2.28. The molecule has 0 radical (unpaired) electrons. The van der Waals surface area contributed by atoms with Crippen LogP contribution in [0.1, 0.15) is 37.3 Å². The summed E-state index contributed by atoms with van der Waals surface area (Å²) >= 11 is 0. The Hall–Kier alpha value is -0.860. The van der Waals surface area contributed by atoms with Gasteiger partial charge in [0.15, 0.2) is 0 Å². The zero-order chi connectivity index (χ0) is 12.8. The van der Waals surface area contributed by atoms with Gasteiger partial charge in [-0.15, -0.1) is 0 Å². The summed E-state index contributed by atoms with van der Waals surface area (Å²) in [5.74, 6) is 0.320. The number of hydrogen-bond donors (Lipinski definition) is 1. The topological polar surface area (TPSA) is 23.5 Å². The van der Waals surface area contributed by atoms with Gasteiger partial charge in [0.05, 0.1) is 6.10 Å². The van der Waals surface area contributed by atoms with Crippen molar-refractivity contribution in [3.05, 3.63) is 35.4 Å². The van der Waals surface area contributed by atoms with Crippen LogP contribution in [0.4, 0.5) is 0 Å². The van der Waals surface area contributed by atoms with Crippen LogP contribution in [-0.4, -0.2) is 36.2 Å². The molecule has 0 saturated carbocycles. The molecule has 17 heavy (non-hydrogen) atoms. The maximum atomic E-state index is 10.0. The van der Waals surface area contributed by atoms with E-state index in [9.17, 15) is 5.11 Å². The van der Waals surface area contributed by atoms with Gasteiger partial charge >= 0.3 is 0 Å². The molecule has 2 atom stereocenters. The molecule has 0 amide bonds. The van der Waals surface area contributed by atoms with E-state index in [0.29, 0.717) is 5.92 Å². The highest BCUT2D eigenvalue weighted by molar-refractivity contribution is 5.26. The summed E-state index contributed by atoms with van der Waals surface area (Å²) in [5, 5.41) is 10.0. The zero-order valence-corrected chi connectivity index (χ0v) is 11.5. The number of piperidine rings is 1. The van der Waals surface area contributed by atoms with Gasteiger partial charge in [0.1, 0.15) is 0 Å². The minimum Gasteiger partial charge on any atom is -0.391 e. The molecular formula is C15H25NO. The van der Waals surface area contributed by atoms with Crippen LogP contribution in [0.3, 0.4) is 0 Å². The van der Waals surface area contributed by atoms with E-state index in [4.69, 9.17) is 0 Å². The Morgan fingerprint density at radius 3 is 2.59 bits per heavy atom. The van der Waals surface area contributed by atoms with Gasteiger partial charge in [0.25, 0.3) is 0 Å². The number of β-amino-alcohol motifs (C(OH)–C–C–N with tert-alkyl or cyclic N) is 1. The Bertz CT molecular complexity index is 337. The van der Waals surface area contributed by atoms with Gasteiger partial charge in [-0.2, -0.15) is 0 Å². The average molecular weight is 235 g/mol. The first-order chi connectivity index (χ1) is 8.16. The Balaban J connectivity index is 0.000000686. The first-order valence-corrected chi connectivity index (χ1v) is 6.60. The molecular weight excluding hydrogens is 210 g/mol. The van der Waals surface area contributed by atoms with Crippen molar-refractivity contribution < 1.29 is 5.11 Å². The van der Waals surface area contributed by atoms with Crippen molar-refractivity contribution in [2.45, 2.75) is 39.2 Å². The van der Waals surface area contributed by atoms with Crippen LogP contribution in [0.2, 0.25) is 0 Å². The molecule has 2 nitrogen and oxygen atoms in total. The number of aryl methyl sites for hydroxylation is 1. The maximum absolute atomic E-state index is 10.0. The van der Waals surface area contributed by atoms with Crippen LogP contribution in [0.5, 0.6) is 0 Å². The summed E-state index contributed by atoms with van der Waals surface area (Å²) in [6.07, 6.45) is 0.840. The summed E-state index contributed by atoms with van der Waals surface area (Å²) in [6, 6.07) is 8.51. The van der Waals surface area contributed by atoms with Crippen molar-refractivity contribution in [1.29, 1.82) is 0 Å². The SMILES string of the molecule is CC.Cc1cccc(C2CCN(C)CC2O)c1. The molecule has 2 unspecified atom stereocenters. The van der Waals surface area contributed by atoms with Crippen molar-refractivity contribution in [2.24, 2.45) is 0 Å². The summed E-state index contributed by atoms with van der Waals surface area (Å²) in [5.41, 5.74) is 2.56. The lowest BCUT2D eigenvalue weighted by molar-refractivity contribution is 0.0638. The Labute approximate surface area is 105 Å². The molecule has 1 saturated heterocycles. The Morgan fingerprint density at radius 1 is 1.29 bits per heavy atom. The van der Waals surface area contributed by atoms with Crippen LogP contribution in [0, 0.1) is 6.92 Å². The van der Waals surface area contributed by atoms with E-state index < -0.39 is 0 Å². The highest BCUT2D eigenvalue weighted by Gasteiger charge is 2.26. The van der Waals surface area contributed by atoms with Gasteiger partial charge < -0.3 is 10.0 Å². The standard InChI is InChI=1S/C13H19NO.C2H6/c1-10-4-3-5-11(8-10)12-6-7-14(2)9-13(12)15;1-2/h3-5,8,12-13,15H,6-7,9H2,1-2H3;1-2H3. The minimum atomic E-state index is -0.217. The summed E-state index contributed by atoms with van der Waals surface area (Å²) in [7, 11) is 2.07. The number of rotatable bonds is 1. The molecule has 0 spiro atoms. The third-order valence-corrected chi connectivity index (χ3v) is 3.26. The van der Waals surface area contributed by atoms with E-state index in [0.717, 1.165) is 19.5 Å². The summed E-state index contributed by atoms with van der Waals surface area (Å²) in [4.78, 5) is 2.19. The third-order valence-electron chi connectivity index (χ3n) is 3.26. The normalized spacial score (nSPS) is 25.0. The molecule has 0 bridgehead atoms. The second kappa shape index (κ2) is 6.77. The molecule has 2 rings (SSSR count). The summed E-state index contributed by atoms with van der Waals surface area (Å²) < 4.78 is 0. The average Bonchev–Trinajstić information content (AvgIpc) is 2.31. The molecule has 1 aromatic carbocycles. The van der Waals surface area contributed by atoms with Crippen molar-refractivity contribution >= 4 is 0 Å². The van der Waals surface area contributed by atoms with Gasteiger partial charge in [-0.25, -0.2) is 0 Å². The van der Waals surface area contributed by atoms with E-state index in [1.807, 2.05) is 13.8 Å². The minimum absolute atomic E-state index is 0.217. The molecule has 96 valence electrons. The number of nitrogens with zero attached hydrogens (tertiary/aromatic N) is 1. The third kappa shape index (κ3) is 3.83. The van der Waals surface area contributed by atoms with E-state index in [1.54, 1.807) is 0 Å². The Morgan fingerprint density at radius 2 is 2.00 bits per heavy atom. The first-order valence-electron chi connectivity index (χ1n) is 6.60. The molecule has 1 fully saturated rings. The van der Waals surface area contributed by atoms with Gasteiger partial charge in [-0.1, -0.05) is 43.7 Å². The van der Waals surface area contributed by atoms with Crippen LogP contribution in [0.15, 0.2) is 24.3 Å². The number of aliphatic hydroxyl groups is 1. The summed E-state index contributed by atoms with van der Waals surface area (Å²) in [6.45, 7) is 7.97. The first kappa shape index (κ1) is 14.2. The quantitative estimate of drug-likeness (QED) is 0.809. The van der Waals surface area contributed by atoms with Gasteiger partial charge in [-0.05, 0) is 32.5 Å². The Kier molecular flexibility index (Phi) is 5.66. The highest BCUT2D eigenvalue weighted by atomic mass is 16.3. The molecule has 1 aliphatic heterocycles. The number of benzene rings is 1. The van der Waals surface area contributed by atoms with Crippen molar-refractivity contribution in [2.75, 3.05) is 20.1 Å². The largest absolute Gasteiger partial charge is 0.391 e. The second-order valence-electron chi connectivity index (χ2n) is 4.64. The predicted octanol–water partition coefficient (Wildman–Crippen LogP) is 2.80. The van der Waals surface area contributed by atoms with Gasteiger partial charge in [0.2, 0.25) is 0 Å². The molecule has 1 heterocycles. The fraction of sp³-hybridized carbons (Fsp3) is 0.600. The molecule has 0 aromatic heterocycles. The molecule has 1 N–H and O–H groups in total. The zero-order valence-electron chi connectivity index (χ0n) is 11.5. The lowest BCUT2D eigenvalue weighted by Gasteiger charge is -2.34. The molecule has 0 aliphatic carbocycles.